The van der Waals surface area contributed by atoms with Gasteiger partial charge in [0.25, 0.3) is 11.8 Å². The average Bonchev–Trinajstić information content (AvgIpc) is 3.46. The van der Waals surface area contributed by atoms with E-state index in [2.05, 4.69) is 24.9 Å². The van der Waals surface area contributed by atoms with Gasteiger partial charge in [-0.15, -0.1) is 16.3 Å². The Labute approximate surface area is 217 Å². The fourth-order valence-electron chi connectivity index (χ4n) is 3.90. The van der Waals surface area contributed by atoms with Crippen LogP contribution in [0.1, 0.15) is 5.82 Å². The van der Waals surface area contributed by atoms with Crippen molar-refractivity contribution in [2.75, 3.05) is 18.6 Å². The smallest absolute Gasteiger partial charge is 0.352 e. The summed E-state index contributed by atoms with van der Waals surface area (Å²) < 4.78 is 7.48. The van der Waals surface area contributed by atoms with Gasteiger partial charge in [0.2, 0.25) is 11.5 Å². The van der Waals surface area contributed by atoms with Crippen LogP contribution in [0.3, 0.4) is 0 Å². The second-order valence-electron chi connectivity index (χ2n) is 7.45. The van der Waals surface area contributed by atoms with Crippen molar-refractivity contribution < 1.29 is 41.3 Å². The van der Waals surface area contributed by atoms with Gasteiger partial charge >= 0.3 is 11.6 Å². The lowest BCUT2D eigenvalue weighted by Crippen LogP contribution is -3.00. The molecule has 5 heterocycles. The zero-order valence-corrected chi connectivity index (χ0v) is 20.8. The summed E-state index contributed by atoms with van der Waals surface area (Å²) in [7, 11) is 1.25. The number of nitrogens with zero attached hydrogens (tertiary/aromatic N) is 7. The predicted molar refractivity (Wildman–Crippen MR) is 123 cm³/mol. The molecule has 188 valence electrons. The summed E-state index contributed by atoms with van der Waals surface area (Å²) in [6.07, 6.45) is 5.21. The van der Waals surface area contributed by atoms with Gasteiger partial charge in [0.15, 0.2) is 11.3 Å². The van der Waals surface area contributed by atoms with Crippen LogP contribution >= 0.6 is 23.3 Å². The summed E-state index contributed by atoms with van der Waals surface area (Å²) in [5.74, 6) is -2.17. The number of aliphatic carboxylic acids is 1. The highest BCUT2D eigenvalue weighted by molar-refractivity contribution is 8.00. The number of anilines is 1. The third-order valence-corrected chi connectivity index (χ3v) is 7.27. The number of carboxylic acids is 1. The highest BCUT2D eigenvalue weighted by Crippen LogP contribution is 2.40. The lowest BCUT2D eigenvalue weighted by molar-refractivity contribution is -0.662. The molecule has 2 aliphatic heterocycles. The maximum absolute atomic E-state index is 13.0. The molecule has 4 N–H and O–H groups in total. The lowest BCUT2D eigenvalue weighted by Gasteiger charge is -2.49. The maximum atomic E-state index is 13.0. The fraction of sp³-hybridized carbons (Fsp3) is 0.263. The summed E-state index contributed by atoms with van der Waals surface area (Å²) in [6, 6.07) is 2.69. The van der Waals surface area contributed by atoms with E-state index in [9.17, 15) is 19.5 Å². The number of nitrogens with one attached hydrogen (secondary N) is 1. The van der Waals surface area contributed by atoms with Crippen LogP contribution in [-0.2, 0) is 25.8 Å². The Hall–Kier alpha value is -3.76. The number of carbonyl (C=O) groups is 3. The molecule has 3 aromatic heterocycles. The molecule has 14 nitrogen and oxygen atoms in total. The Balaban J connectivity index is 0.00000304. The number of rotatable bonds is 7. The summed E-state index contributed by atoms with van der Waals surface area (Å²) >= 11 is 2.24. The minimum absolute atomic E-state index is 0. The largest absolute Gasteiger partial charge is 1.00 e. The number of nitrogens with two attached hydrogens (primary N) is 1. The van der Waals surface area contributed by atoms with E-state index in [1.165, 1.54) is 23.8 Å². The Morgan fingerprint density at radius 1 is 1.44 bits per heavy atom. The molecule has 3 aromatic rings. The number of carboxylic acid groups (broad SMARTS) is 1. The second kappa shape index (κ2) is 10.1. The molecular weight excluding hydrogens is 534 g/mol. The average molecular weight is 552 g/mol. The van der Waals surface area contributed by atoms with Crippen molar-refractivity contribution in [2.45, 2.75) is 18.0 Å². The van der Waals surface area contributed by atoms with Crippen LogP contribution in [0.15, 0.2) is 47.1 Å². The molecule has 0 bridgehead atoms. The van der Waals surface area contributed by atoms with Gasteiger partial charge in [-0.2, -0.15) is 9.36 Å². The van der Waals surface area contributed by atoms with E-state index in [1.807, 2.05) is 10.6 Å². The molecule has 0 aliphatic carbocycles. The summed E-state index contributed by atoms with van der Waals surface area (Å²) in [4.78, 5) is 47.8. The standard InChI is InChI=1S/C19H17N9O5S2.ClH/c1-33-24-11(14-23-19(20)35-25-14)15(29)22-12-16(30)28-13(18(31)32)9(8-34-17(12)28)7-26-5-6-27-10(26)3-2-4-21-27;/h2-6,12,17H,7-8H2,1H3,(H3-,20,22,23,25,29,31,32);1H/b24-11+;/t12-,17-;/m0./s1. The topological polar surface area (TPSA) is 181 Å². The number of oxime groups is 1. The number of aromatic nitrogens is 5. The quantitative estimate of drug-likeness (QED) is 0.113. The van der Waals surface area contributed by atoms with Gasteiger partial charge in [-0.1, -0.05) is 10.3 Å². The van der Waals surface area contributed by atoms with Crippen molar-refractivity contribution >= 4 is 57.6 Å². The van der Waals surface area contributed by atoms with Gasteiger partial charge < -0.3 is 33.4 Å². The highest BCUT2D eigenvalue weighted by Gasteiger charge is 2.54. The molecule has 0 spiro atoms. The number of hydrogen-bond donors (Lipinski definition) is 3. The van der Waals surface area contributed by atoms with Gasteiger partial charge in [-0.25, -0.2) is 9.36 Å². The minimum Gasteiger partial charge on any atom is -1.00 e. The van der Waals surface area contributed by atoms with Crippen LogP contribution in [0.2, 0.25) is 0 Å². The first-order valence-electron chi connectivity index (χ1n) is 10.1. The van der Waals surface area contributed by atoms with E-state index < -0.39 is 29.2 Å². The first-order chi connectivity index (χ1) is 16.9. The van der Waals surface area contributed by atoms with Gasteiger partial charge in [-0.05, 0) is 6.07 Å². The van der Waals surface area contributed by atoms with Crippen molar-refractivity contribution in [3.05, 3.63) is 47.8 Å². The van der Waals surface area contributed by atoms with Crippen LogP contribution in [0.4, 0.5) is 5.13 Å². The molecule has 2 aliphatic rings. The van der Waals surface area contributed by atoms with Crippen molar-refractivity contribution in [1.82, 2.24) is 29.2 Å². The van der Waals surface area contributed by atoms with Crippen molar-refractivity contribution in [3.63, 3.8) is 0 Å². The number of β-lactam (4-membered cyclic amide) rings is 1. The van der Waals surface area contributed by atoms with E-state index in [4.69, 9.17) is 10.6 Å². The van der Waals surface area contributed by atoms with Crippen molar-refractivity contribution in [2.24, 2.45) is 5.16 Å². The minimum atomic E-state index is -1.21. The van der Waals surface area contributed by atoms with Gasteiger partial charge in [-0.3, -0.25) is 14.5 Å². The molecular formula is C19H18ClN9O5S2. The predicted octanol–water partition coefficient (Wildman–Crippen LogP) is -4.15. The highest BCUT2D eigenvalue weighted by atomic mass is 35.5. The third kappa shape index (κ3) is 4.33. The molecule has 17 heteroatoms. The fourth-order valence-corrected chi connectivity index (χ4v) is 5.67. The number of thioether (sulfide) groups is 1. The number of carbonyl (C=O) groups excluding carboxylic acids is 2. The van der Waals surface area contributed by atoms with Crippen LogP contribution in [-0.4, -0.2) is 76.8 Å². The Morgan fingerprint density at radius 3 is 2.94 bits per heavy atom. The number of imidazole rings is 1. The molecule has 2 atom stereocenters. The zero-order chi connectivity index (χ0) is 24.7. The summed E-state index contributed by atoms with van der Waals surface area (Å²) in [5.41, 5.74) is 6.60. The first-order valence-corrected chi connectivity index (χ1v) is 11.9. The summed E-state index contributed by atoms with van der Waals surface area (Å²) in [5, 5.41) is 19.9. The molecule has 0 aromatic carbocycles. The molecule has 5 rings (SSSR count). The lowest BCUT2D eigenvalue weighted by atomic mass is 10.0. The molecule has 36 heavy (non-hydrogen) atoms. The number of amides is 2. The van der Waals surface area contributed by atoms with Crippen LogP contribution in [0.5, 0.6) is 0 Å². The Bertz CT molecular complexity index is 1420. The normalized spacial score (nSPS) is 19.4. The number of fused-ring (bicyclic) bond motifs is 2. The monoisotopic (exact) mass is 551 g/mol. The Kier molecular flexibility index (Phi) is 7.09. The first kappa shape index (κ1) is 25.3. The van der Waals surface area contributed by atoms with E-state index >= 15 is 0 Å². The molecule has 1 saturated heterocycles. The maximum Gasteiger partial charge on any atom is 0.352 e. The molecule has 0 saturated carbocycles. The van der Waals surface area contributed by atoms with Crippen molar-refractivity contribution in [1.29, 1.82) is 0 Å². The van der Waals surface area contributed by atoms with E-state index in [0.29, 0.717) is 11.3 Å². The van der Waals surface area contributed by atoms with Gasteiger partial charge in [0, 0.05) is 28.9 Å². The summed E-state index contributed by atoms with van der Waals surface area (Å²) in [6.45, 7) is 0.270. The Morgan fingerprint density at radius 2 is 2.25 bits per heavy atom. The molecule has 2 amide bonds. The third-order valence-electron chi connectivity index (χ3n) is 5.39. The number of hydrogen-bond acceptors (Lipinski definition) is 11. The SMILES string of the molecule is CO/N=C(/C(=O)N[C@H]1C(=O)N2C(C(=O)O)=C(C[n+]3ccn4ncccc43)CS[C@@H]12)c1nsc(N)n1.[Cl-]. The second-order valence-corrected chi connectivity index (χ2v) is 9.34. The van der Waals surface area contributed by atoms with Gasteiger partial charge in [0.1, 0.15) is 37.0 Å². The van der Waals surface area contributed by atoms with E-state index in [0.717, 1.165) is 17.2 Å². The molecule has 0 radical (unpaired) electrons. The number of nitrogen functional groups attached to an aromatic ring is 1. The van der Waals surface area contributed by atoms with Crippen LogP contribution in [0, 0.1) is 0 Å². The van der Waals surface area contributed by atoms with E-state index in [1.54, 1.807) is 29.2 Å². The molecule has 0 unspecified atom stereocenters. The van der Waals surface area contributed by atoms with Crippen LogP contribution < -0.4 is 28.0 Å². The van der Waals surface area contributed by atoms with Crippen molar-refractivity contribution in [3.8, 4) is 0 Å². The van der Waals surface area contributed by atoms with E-state index in [-0.39, 0.29) is 41.3 Å². The van der Waals surface area contributed by atoms with Crippen LogP contribution in [0.25, 0.3) is 5.65 Å². The molecule has 1 fully saturated rings. The number of halogens is 1. The van der Waals surface area contributed by atoms with Gasteiger partial charge in [0.05, 0.1) is 6.20 Å². The zero-order valence-electron chi connectivity index (χ0n) is 18.4.